The summed E-state index contributed by atoms with van der Waals surface area (Å²) in [6, 6.07) is 0. The number of Topliss-reactive ketones (excluding diaryl/α,β-unsaturated/α-hetero) is 2. The van der Waals surface area contributed by atoms with E-state index >= 15 is 0 Å². The molecule has 0 aliphatic carbocycles. The highest BCUT2D eigenvalue weighted by molar-refractivity contribution is 5.96. The summed E-state index contributed by atoms with van der Waals surface area (Å²) in [6.45, 7) is 20.1. The minimum absolute atomic E-state index is 0.0421. The van der Waals surface area contributed by atoms with E-state index in [4.69, 9.17) is 0 Å². The van der Waals surface area contributed by atoms with Crippen LogP contribution in [0.2, 0.25) is 0 Å². The zero-order valence-corrected chi connectivity index (χ0v) is 28.1. The molecule has 5 aromatic heterocycles. The van der Waals surface area contributed by atoms with Crippen molar-refractivity contribution in [2.75, 3.05) is 0 Å². The van der Waals surface area contributed by atoms with Gasteiger partial charge in [-0.05, 0) is 23.3 Å². The number of carbonyl (C=O) groups excluding carboxylic acids is 2. The molecule has 0 aliphatic heterocycles. The summed E-state index contributed by atoms with van der Waals surface area (Å²) in [7, 11) is 0. The van der Waals surface area contributed by atoms with Gasteiger partial charge >= 0.3 is 5.69 Å². The number of aromatic amines is 6. The molecule has 0 aliphatic rings. The fourth-order valence-electron chi connectivity index (χ4n) is 3.24. The van der Waals surface area contributed by atoms with Crippen molar-refractivity contribution in [3.8, 4) is 0 Å². The van der Waals surface area contributed by atoms with Crippen molar-refractivity contribution in [2.45, 2.75) is 87.0 Å². The molecule has 13 heteroatoms. The number of nitrogens with zero attached hydrogens (tertiary/aromatic N) is 4. The molecule has 0 aromatic carbocycles. The second-order valence-electron chi connectivity index (χ2n) is 11.7. The molecule has 5 aromatic rings. The molecule has 0 spiro atoms. The summed E-state index contributed by atoms with van der Waals surface area (Å²) in [5.41, 5.74) is 4.55. The van der Waals surface area contributed by atoms with E-state index in [0.29, 0.717) is 29.0 Å². The third-order valence-corrected chi connectivity index (χ3v) is 6.16. The monoisotopic (exact) mass is 622 g/mol. The molecule has 0 amide bonds. The smallest absolute Gasteiger partial charge is 0.323 e. The van der Waals surface area contributed by atoms with E-state index in [1.165, 1.54) is 17.6 Å². The van der Waals surface area contributed by atoms with Crippen LogP contribution in [-0.2, 0) is 0 Å². The molecule has 0 saturated carbocycles. The maximum absolute atomic E-state index is 11.1. The second-order valence-corrected chi connectivity index (χ2v) is 11.7. The van der Waals surface area contributed by atoms with Crippen LogP contribution in [0.5, 0.6) is 0 Å². The van der Waals surface area contributed by atoms with Crippen molar-refractivity contribution in [1.29, 1.82) is 0 Å². The molecule has 45 heavy (non-hydrogen) atoms. The Labute approximate surface area is 264 Å². The van der Waals surface area contributed by atoms with Crippen molar-refractivity contribution in [3.05, 3.63) is 94.7 Å². The van der Waals surface area contributed by atoms with Crippen LogP contribution in [0, 0.1) is 11.8 Å². The summed E-state index contributed by atoms with van der Waals surface area (Å²) in [6.07, 6.45) is 15.2. The van der Waals surface area contributed by atoms with Gasteiger partial charge in [0.15, 0.2) is 11.6 Å². The number of imidazole rings is 3. The maximum Gasteiger partial charge on any atom is 0.323 e. The Bertz CT molecular complexity index is 1390. The molecule has 0 bridgehead atoms. The lowest BCUT2D eigenvalue weighted by Gasteiger charge is -1.98. The topological polar surface area (TPSA) is 198 Å². The lowest BCUT2D eigenvalue weighted by atomic mass is 10.1. The van der Waals surface area contributed by atoms with Crippen LogP contribution in [-0.4, -0.2) is 61.9 Å². The average Bonchev–Trinajstić information content (AvgIpc) is 3.84. The fraction of sp³-hybridized carbons (Fsp3) is 0.469. The lowest BCUT2D eigenvalue weighted by molar-refractivity contribution is 0.0929. The summed E-state index contributed by atoms with van der Waals surface area (Å²) in [4.78, 5) is 51.4. The first-order valence-corrected chi connectivity index (χ1v) is 15.0. The number of H-pyrrole nitrogens is 6. The van der Waals surface area contributed by atoms with Gasteiger partial charge in [-0.25, -0.2) is 14.8 Å². The third-order valence-electron chi connectivity index (χ3n) is 6.16. The van der Waals surface area contributed by atoms with Crippen LogP contribution in [0.15, 0.2) is 60.8 Å². The van der Waals surface area contributed by atoms with Gasteiger partial charge in [-0.1, -0.05) is 69.2 Å². The van der Waals surface area contributed by atoms with Crippen LogP contribution >= 0.6 is 0 Å². The minimum Gasteiger partial charge on any atom is -0.348 e. The molecular weight excluding hydrogens is 572 g/mol. The van der Waals surface area contributed by atoms with E-state index in [9.17, 15) is 14.4 Å². The molecule has 13 nitrogen and oxygen atoms in total. The van der Waals surface area contributed by atoms with Crippen LogP contribution in [0.25, 0.3) is 0 Å². The lowest BCUT2D eigenvalue weighted by Crippen LogP contribution is -2.07. The van der Waals surface area contributed by atoms with E-state index in [0.717, 1.165) is 5.69 Å². The highest BCUT2D eigenvalue weighted by Gasteiger charge is 2.11. The number of ketones is 2. The first-order chi connectivity index (χ1) is 21.2. The van der Waals surface area contributed by atoms with Gasteiger partial charge in [0.1, 0.15) is 5.69 Å². The highest BCUT2D eigenvalue weighted by atomic mass is 16.1. The Morgan fingerprint density at radius 3 is 1.49 bits per heavy atom. The molecule has 0 unspecified atom stereocenters. The van der Waals surface area contributed by atoms with Crippen molar-refractivity contribution >= 4 is 11.6 Å². The first kappa shape index (κ1) is 38.2. The summed E-state index contributed by atoms with van der Waals surface area (Å²) < 4.78 is 0. The number of hydrogen-bond donors (Lipinski definition) is 6. The molecule has 0 saturated heterocycles. The van der Waals surface area contributed by atoms with Crippen molar-refractivity contribution in [3.63, 3.8) is 0 Å². The molecule has 0 radical (unpaired) electrons. The van der Waals surface area contributed by atoms with Gasteiger partial charge in [-0.15, -0.1) is 0 Å². The normalized spacial score (nSPS) is 10.4. The van der Waals surface area contributed by atoms with Crippen LogP contribution in [0.3, 0.4) is 0 Å². The predicted octanol–water partition coefficient (Wildman–Crippen LogP) is 6.39. The number of nitrogens with one attached hydrogen (secondary N) is 6. The van der Waals surface area contributed by atoms with E-state index in [1.54, 1.807) is 31.1 Å². The van der Waals surface area contributed by atoms with Gasteiger partial charge in [0, 0.05) is 48.0 Å². The Morgan fingerprint density at radius 2 is 1.18 bits per heavy atom. The van der Waals surface area contributed by atoms with Gasteiger partial charge < -0.3 is 19.9 Å². The van der Waals surface area contributed by atoms with Gasteiger partial charge in [0.25, 0.3) is 0 Å². The van der Waals surface area contributed by atoms with Gasteiger partial charge in [0.2, 0.25) is 0 Å². The average molecular weight is 623 g/mol. The molecule has 246 valence electrons. The SMILES string of the molecule is CC(C)C(=O)c1cn[nH]c1.CC(C)C(=O)c1cnc[nH]1.CC(C)c1c[nH]c(=O)[nH]1.CC(C)c1cn[nH]c1.CC(C)c1cnc[nH]1. The van der Waals surface area contributed by atoms with Crippen molar-refractivity contribution in [1.82, 2.24) is 50.3 Å². The Balaban J connectivity index is 0.000000282. The van der Waals surface area contributed by atoms with Gasteiger partial charge in [0.05, 0.1) is 36.8 Å². The molecular formula is C32H50N10O3. The quantitative estimate of drug-likeness (QED) is 0.113. The molecule has 0 atom stereocenters. The summed E-state index contributed by atoms with van der Waals surface area (Å²) in [5.74, 6) is 1.89. The Hall–Kier alpha value is -4.81. The summed E-state index contributed by atoms with van der Waals surface area (Å²) >= 11 is 0. The van der Waals surface area contributed by atoms with E-state index in [-0.39, 0.29) is 29.1 Å². The van der Waals surface area contributed by atoms with Gasteiger partial charge in [-0.2, -0.15) is 10.2 Å². The number of carbonyl (C=O) groups is 2. The van der Waals surface area contributed by atoms with Crippen molar-refractivity contribution in [2.24, 2.45) is 11.8 Å². The minimum atomic E-state index is -0.126. The Morgan fingerprint density at radius 1 is 0.600 bits per heavy atom. The fourth-order valence-corrected chi connectivity index (χ4v) is 3.24. The number of rotatable bonds is 7. The van der Waals surface area contributed by atoms with E-state index < -0.39 is 0 Å². The molecule has 5 rings (SSSR count). The molecule has 5 heterocycles. The first-order valence-electron chi connectivity index (χ1n) is 15.0. The van der Waals surface area contributed by atoms with Crippen molar-refractivity contribution < 1.29 is 9.59 Å². The van der Waals surface area contributed by atoms with E-state index in [2.05, 4.69) is 78.0 Å². The maximum atomic E-state index is 11.1. The van der Waals surface area contributed by atoms with Crippen LogP contribution in [0.1, 0.15) is 125 Å². The second kappa shape index (κ2) is 20.2. The molecule has 0 fully saturated rings. The largest absolute Gasteiger partial charge is 0.348 e. The van der Waals surface area contributed by atoms with Crippen LogP contribution in [0.4, 0.5) is 0 Å². The van der Waals surface area contributed by atoms with Crippen LogP contribution < -0.4 is 5.69 Å². The van der Waals surface area contributed by atoms with E-state index in [1.807, 2.05) is 60.1 Å². The van der Waals surface area contributed by atoms with Gasteiger partial charge in [-0.3, -0.25) is 19.8 Å². The molecule has 6 N–H and O–H groups in total. The summed E-state index contributed by atoms with van der Waals surface area (Å²) in [5, 5.41) is 12.9. The zero-order chi connectivity index (χ0) is 33.9. The Kier molecular flexibility index (Phi) is 17.2. The number of aromatic nitrogens is 10. The zero-order valence-electron chi connectivity index (χ0n) is 28.1. The predicted molar refractivity (Wildman–Crippen MR) is 176 cm³/mol. The highest BCUT2D eigenvalue weighted by Crippen LogP contribution is 2.10. The standard InChI is InChI=1S/2C7H10N2O.C6H10N2O.2C6H10N2/c1-5(2)7(10)6-3-8-4-9-6;1-5(2)7(10)6-3-8-9-4-6;1-4(2)5-3-7-6(9)8-5;1-5(2)6-3-7-4-8-6;1-5(2)6-3-7-8-4-6/h2*3-5H,1-2H3,(H,8,9);3-4H,1-2H3,(H2,7,8,9);2*3-5H,1-2H3,(H,7,8). The third kappa shape index (κ3) is 15.0. The number of hydrogen-bond acceptors (Lipinski definition) is 7.